The molecule has 0 aliphatic rings. The monoisotopic (exact) mass is 359 g/mol. The number of pyridine rings is 2. The predicted octanol–water partition coefficient (Wildman–Crippen LogP) is 3.26. The summed E-state index contributed by atoms with van der Waals surface area (Å²) in [7, 11) is 1.73. The third-order valence-electron chi connectivity index (χ3n) is 4.38. The fourth-order valence-electron chi connectivity index (χ4n) is 2.91. The third kappa shape index (κ3) is 3.27. The molecule has 0 atom stereocenters. The van der Waals surface area contributed by atoms with Crippen LogP contribution in [0.15, 0.2) is 59.5 Å². The Kier molecular flexibility index (Phi) is 4.33. The number of fused-ring (bicyclic) bond motifs is 1. The zero-order valence-electron chi connectivity index (χ0n) is 15.0. The molecule has 0 aliphatic carbocycles. The summed E-state index contributed by atoms with van der Waals surface area (Å²) in [5.74, 6) is -0.124. The van der Waals surface area contributed by atoms with E-state index in [0.717, 1.165) is 16.5 Å². The molecule has 4 rings (SSSR count). The highest BCUT2D eigenvalue weighted by Gasteiger charge is 2.19. The average molecular weight is 359 g/mol. The third-order valence-corrected chi connectivity index (χ3v) is 4.38. The summed E-state index contributed by atoms with van der Waals surface area (Å²) in [5.41, 5.74) is 4.21. The molecule has 0 saturated heterocycles. The highest BCUT2D eigenvalue weighted by molar-refractivity contribution is 6.07. The number of amides is 1. The van der Waals surface area contributed by atoms with Crippen LogP contribution in [0.1, 0.15) is 21.7 Å². The Morgan fingerprint density at radius 2 is 2.00 bits per heavy atom. The highest BCUT2D eigenvalue weighted by Crippen LogP contribution is 2.25. The van der Waals surface area contributed by atoms with Gasteiger partial charge in [-0.05, 0) is 31.2 Å². The second-order valence-corrected chi connectivity index (χ2v) is 6.27. The Morgan fingerprint density at radius 3 is 2.74 bits per heavy atom. The minimum absolute atomic E-state index is 0.124. The largest absolute Gasteiger partial charge is 0.336 e. The molecule has 3 heterocycles. The molecule has 1 aromatic carbocycles. The zero-order valence-corrected chi connectivity index (χ0v) is 15.0. The van der Waals surface area contributed by atoms with E-state index in [2.05, 4.69) is 20.3 Å². The van der Waals surface area contributed by atoms with Gasteiger partial charge in [-0.15, -0.1) is 0 Å². The number of nitrogens with zero attached hydrogens (tertiary/aromatic N) is 5. The molecule has 0 fully saturated rings. The molecule has 4 aromatic rings. The van der Waals surface area contributed by atoms with Crippen LogP contribution in [0.5, 0.6) is 0 Å². The summed E-state index contributed by atoms with van der Waals surface area (Å²) in [6.45, 7) is 2.11. The zero-order chi connectivity index (χ0) is 18.8. The maximum Gasteiger partial charge on any atom is 0.254 e. The number of aryl methyl sites for hydroxylation is 1. The van der Waals surface area contributed by atoms with Crippen LogP contribution < -0.4 is 0 Å². The maximum absolute atomic E-state index is 13.2. The Bertz CT molecular complexity index is 1110. The second kappa shape index (κ2) is 6.95. The molecule has 0 spiro atoms. The SMILES string of the molecule is Cc1nonc1CN(C)C(=O)c1cc(-c2cccnc2)nc2ccccc12. The fraction of sp³-hybridized carbons (Fsp3) is 0.150. The van der Waals surface area contributed by atoms with Gasteiger partial charge in [-0.2, -0.15) is 0 Å². The number of aromatic nitrogens is 4. The van der Waals surface area contributed by atoms with Crippen molar-refractivity contribution >= 4 is 16.8 Å². The summed E-state index contributed by atoms with van der Waals surface area (Å²) in [6.07, 6.45) is 3.44. The van der Waals surface area contributed by atoms with E-state index in [-0.39, 0.29) is 5.91 Å². The van der Waals surface area contributed by atoms with Gasteiger partial charge in [0, 0.05) is 30.4 Å². The van der Waals surface area contributed by atoms with E-state index in [1.165, 1.54) is 0 Å². The van der Waals surface area contributed by atoms with E-state index in [0.29, 0.717) is 29.2 Å². The first-order valence-corrected chi connectivity index (χ1v) is 8.47. The standard InChI is InChI=1S/C20H17N5O2/c1-13-19(24-27-23-13)12-25(2)20(26)16-10-18(14-6-5-9-21-11-14)22-17-8-4-3-7-15(16)17/h3-11H,12H2,1-2H3. The van der Waals surface area contributed by atoms with E-state index in [9.17, 15) is 4.79 Å². The number of rotatable bonds is 4. The van der Waals surface area contributed by atoms with Crippen LogP contribution in [0.2, 0.25) is 0 Å². The predicted molar refractivity (Wildman–Crippen MR) is 99.8 cm³/mol. The van der Waals surface area contributed by atoms with Crippen molar-refractivity contribution in [2.75, 3.05) is 7.05 Å². The number of hydrogen-bond donors (Lipinski definition) is 0. The van der Waals surface area contributed by atoms with Crippen LogP contribution in [0.4, 0.5) is 0 Å². The fourth-order valence-corrected chi connectivity index (χ4v) is 2.91. The van der Waals surface area contributed by atoms with Crippen molar-refractivity contribution < 1.29 is 9.42 Å². The number of carbonyl (C=O) groups is 1. The summed E-state index contributed by atoms with van der Waals surface area (Å²) >= 11 is 0. The molecule has 0 bridgehead atoms. The van der Waals surface area contributed by atoms with Crippen molar-refractivity contribution in [3.63, 3.8) is 0 Å². The molecule has 1 amide bonds. The average Bonchev–Trinajstić information content (AvgIpc) is 3.11. The molecule has 134 valence electrons. The Morgan fingerprint density at radius 1 is 1.15 bits per heavy atom. The van der Waals surface area contributed by atoms with Gasteiger partial charge in [-0.3, -0.25) is 9.78 Å². The lowest BCUT2D eigenvalue weighted by Crippen LogP contribution is -2.27. The van der Waals surface area contributed by atoms with Gasteiger partial charge in [0.25, 0.3) is 5.91 Å². The minimum Gasteiger partial charge on any atom is -0.336 e. The van der Waals surface area contributed by atoms with Gasteiger partial charge in [-0.1, -0.05) is 28.5 Å². The molecular weight excluding hydrogens is 342 g/mol. The molecule has 0 N–H and O–H groups in total. The van der Waals surface area contributed by atoms with Gasteiger partial charge in [0.2, 0.25) is 0 Å². The normalized spacial score (nSPS) is 10.9. The second-order valence-electron chi connectivity index (χ2n) is 6.27. The molecule has 3 aromatic heterocycles. The first kappa shape index (κ1) is 16.8. The van der Waals surface area contributed by atoms with Crippen molar-refractivity contribution in [3.05, 3.63) is 71.8 Å². The van der Waals surface area contributed by atoms with Gasteiger partial charge in [-0.25, -0.2) is 9.61 Å². The van der Waals surface area contributed by atoms with Crippen LogP contribution >= 0.6 is 0 Å². The molecule has 0 saturated carbocycles. The van der Waals surface area contributed by atoms with Crippen molar-refractivity contribution in [2.24, 2.45) is 0 Å². The lowest BCUT2D eigenvalue weighted by atomic mass is 10.0. The van der Waals surface area contributed by atoms with Crippen LogP contribution in [-0.2, 0) is 6.54 Å². The van der Waals surface area contributed by atoms with Crippen LogP contribution in [0.25, 0.3) is 22.2 Å². The quantitative estimate of drug-likeness (QED) is 0.556. The van der Waals surface area contributed by atoms with Gasteiger partial charge in [0.1, 0.15) is 11.4 Å². The van der Waals surface area contributed by atoms with Gasteiger partial charge in [0.05, 0.1) is 23.3 Å². The van der Waals surface area contributed by atoms with E-state index < -0.39 is 0 Å². The molecule has 7 nitrogen and oxygen atoms in total. The molecular formula is C20H17N5O2. The minimum atomic E-state index is -0.124. The maximum atomic E-state index is 13.2. The first-order chi connectivity index (χ1) is 13.1. The number of carbonyl (C=O) groups excluding carboxylic acids is 1. The molecule has 0 radical (unpaired) electrons. The van der Waals surface area contributed by atoms with Crippen LogP contribution in [0, 0.1) is 6.92 Å². The number of benzene rings is 1. The molecule has 7 heteroatoms. The van der Waals surface area contributed by atoms with Crippen molar-refractivity contribution in [2.45, 2.75) is 13.5 Å². The summed E-state index contributed by atoms with van der Waals surface area (Å²) in [6, 6.07) is 13.2. The van der Waals surface area contributed by atoms with E-state index >= 15 is 0 Å². The number of hydrogen-bond acceptors (Lipinski definition) is 6. The van der Waals surface area contributed by atoms with Crippen molar-refractivity contribution in [1.82, 2.24) is 25.2 Å². The van der Waals surface area contributed by atoms with Crippen molar-refractivity contribution in [1.29, 1.82) is 0 Å². The molecule has 0 aliphatic heterocycles. The smallest absolute Gasteiger partial charge is 0.254 e. The van der Waals surface area contributed by atoms with Gasteiger partial charge in [0.15, 0.2) is 0 Å². The first-order valence-electron chi connectivity index (χ1n) is 8.47. The van der Waals surface area contributed by atoms with Crippen molar-refractivity contribution in [3.8, 4) is 11.3 Å². The molecule has 27 heavy (non-hydrogen) atoms. The van der Waals surface area contributed by atoms with E-state index in [1.807, 2.05) is 42.5 Å². The Balaban J connectivity index is 1.77. The highest BCUT2D eigenvalue weighted by atomic mass is 16.6. The lowest BCUT2D eigenvalue weighted by Gasteiger charge is -2.18. The summed E-state index contributed by atoms with van der Waals surface area (Å²) in [5, 5.41) is 8.43. The summed E-state index contributed by atoms with van der Waals surface area (Å²) in [4.78, 5) is 23.6. The summed E-state index contributed by atoms with van der Waals surface area (Å²) < 4.78 is 4.72. The lowest BCUT2D eigenvalue weighted by molar-refractivity contribution is 0.0783. The van der Waals surface area contributed by atoms with Crippen LogP contribution in [-0.4, -0.2) is 38.1 Å². The van der Waals surface area contributed by atoms with Gasteiger partial charge < -0.3 is 4.90 Å². The van der Waals surface area contributed by atoms with Gasteiger partial charge >= 0.3 is 0 Å². The van der Waals surface area contributed by atoms with E-state index in [4.69, 9.17) is 4.63 Å². The Hall–Kier alpha value is -3.61. The Labute approximate surface area is 155 Å². The topological polar surface area (TPSA) is 85.0 Å². The van der Waals surface area contributed by atoms with Crippen LogP contribution in [0.3, 0.4) is 0 Å². The number of para-hydroxylation sites is 1. The van der Waals surface area contributed by atoms with E-state index in [1.54, 1.807) is 31.3 Å². The molecule has 0 unspecified atom stereocenters.